The Labute approximate surface area is 129 Å². The fraction of sp³-hybridized carbons (Fsp3) is 0.0625. The summed E-state index contributed by atoms with van der Waals surface area (Å²) in [5.41, 5.74) is 1.19. The molecule has 0 saturated carbocycles. The van der Waals surface area contributed by atoms with Gasteiger partial charge in [0.25, 0.3) is 5.91 Å². The number of anilines is 1. The Morgan fingerprint density at radius 1 is 1.00 bits per heavy atom. The third-order valence-corrected chi connectivity index (χ3v) is 3.25. The molecule has 2 aromatic carbocycles. The van der Waals surface area contributed by atoms with E-state index in [1.165, 1.54) is 18.3 Å². The molecule has 1 N–H and O–H groups in total. The van der Waals surface area contributed by atoms with Gasteiger partial charge in [-0.2, -0.15) is 18.3 Å². The van der Waals surface area contributed by atoms with Crippen LogP contribution in [-0.2, 0) is 11.0 Å². The Morgan fingerprint density at radius 3 is 2.39 bits per heavy atom. The Morgan fingerprint density at radius 2 is 1.70 bits per heavy atom. The first-order chi connectivity index (χ1) is 10.9. The van der Waals surface area contributed by atoms with Crippen LogP contribution in [0.15, 0.2) is 58.7 Å². The summed E-state index contributed by atoms with van der Waals surface area (Å²) in [7, 11) is 0. The van der Waals surface area contributed by atoms with E-state index in [0.29, 0.717) is 16.8 Å². The number of carbonyl (C=O) groups is 1. The molecule has 116 valence electrons. The molecule has 0 unspecified atom stereocenters. The number of fused-ring (bicyclic) bond motifs is 1. The summed E-state index contributed by atoms with van der Waals surface area (Å²) >= 11 is 0. The molecule has 0 fully saturated rings. The number of nitrogens with one attached hydrogen (secondary N) is 1. The van der Waals surface area contributed by atoms with Gasteiger partial charge in [-0.25, -0.2) is 0 Å². The van der Waals surface area contributed by atoms with Crippen LogP contribution in [0.4, 0.5) is 18.9 Å². The lowest BCUT2D eigenvalue weighted by Crippen LogP contribution is -2.13. The number of amides is 1. The van der Waals surface area contributed by atoms with E-state index in [1.807, 2.05) is 0 Å². The first kappa shape index (κ1) is 15.0. The molecule has 0 aromatic heterocycles. The maximum Gasteiger partial charge on any atom is 0.416 e. The van der Waals surface area contributed by atoms with Gasteiger partial charge in [0.1, 0.15) is 0 Å². The highest BCUT2D eigenvalue weighted by Gasteiger charge is 2.29. The van der Waals surface area contributed by atoms with Gasteiger partial charge in [0.2, 0.25) is 0 Å². The zero-order valence-electron chi connectivity index (χ0n) is 11.6. The first-order valence-electron chi connectivity index (χ1n) is 6.64. The van der Waals surface area contributed by atoms with Crippen LogP contribution in [0.2, 0.25) is 0 Å². The summed E-state index contributed by atoms with van der Waals surface area (Å²) in [6, 6.07) is 11.5. The van der Waals surface area contributed by atoms with Crippen LogP contribution in [0.1, 0.15) is 16.7 Å². The van der Waals surface area contributed by atoms with Gasteiger partial charge < -0.3 is 5.32 Å². The van der Waals surface area contributed by atoms with Crippen molar-refractivity contribution in [1.82, 2.24) is 0 Å². The van der Waals surface area contributed by atoms with Gasteiger partial charge in [0, 0.05) is 5.56 Å². The maximum atomic E-state index is 12.5. The topological polar surface area (TPSA) is 53.8 Å². The van der Waals surface area contributed by atoms with Gasteiger partial charge in [-0.15, -0.1) is 5.10 Å². The first-order valence-corrected chi connectivity index (χ1v) is 6.64. The molecule has 0 spiro atoms. The largest absolute Gasteiger partial charge is 0.416 e. The fourth-order valence-corrected chi connectivity index (χ4v) is 2.11. The van der Waals surface area contributed by atoms with Gasteiger partial charge in [0.15, 0.2) is 5.71 Å². The minimum absolute atomic E-state index is 0.170. The molecule has 0 atom stereocenters. The number of halogens is 3. The zero-order valence-corrected chi connectivity index (χ0v) is 11.6. The van der Waals surface area contributed by atoms with E-state index in [9.17, 15) is 18.0 Å². The second-order valence-electron chi connectivity index (χ2n) is 4.81. The van der Waals surface area contributed by atoms with Crippen LogP contribution >= 0.6 is 0 Å². The van der Waals surface area contributed by atoms with E-state index in [1.54, 1.807) is 24.3 Å². The predicted molar refractivity (Wildman–Crippen MR) is 80.6 cm³/mol. The van der Waals surface area contributed by atoms with Crippen LogP contribution in [0, 0.1) is 0 Å². The monoisotopic (exact) mass is 317 g/mol. The van der Waals surface area contributed by atoms with Crippen molar-refractivity contribution in [3.8, 4) is 0 Å². The molecule has 0 saturated heterocycles. The number of alkyl halides is 3. The molecule has 23 heavy (non-hydrogen) atoms. The second-order valence-corrected chi connectivity index (χ2v) is 4.81. The van der Waals surface area contributed by atoms with Crippen LogP contribution in [0.5, 0.6) is 0 Å². The smallest absolute Gasteiger partial charge is 0.320 e. The van der Waals surface area contributed by atoms with E-state index in [2.05, 4.69) is 15.5 Å². The molecular weight excluding hydrogens is 307 g/mol. The summed E-state index contributed by atoms with van der Waals surface area (Å²) in [5.74, 6) is -0.365. The van der Waals surface area contributed by atoms with Gasteiger partial charge in [-0.1, -0.05) is 30.3 Å². The van der Waals surface area contributed by atoms with Crippen LogP contribution in [0.3, 0.4) is 0 Å². The quantitative estimate of drug-likeness (QED) is 0.669. The van der Waals surface area contributed by atoms with Gasteiger partial charge >= 0.3 is 6.18 Å². The highest BCUT2D eigenvalue weighted by atomic mass is 19.4. The molecule has 1 aliphatic heterocycles. The average Bonchev–Trinajstić information content (AvgIpc) is 2.83. The number of rotatable bonds is 2. The van der Waals surface area contributed by atoms with E-state index in [4.69, 9.17) is 0 Å². The van der Waals surface area contributed by atoms with E-state index in [-0.39, 0.29) is 11.6 Å². The summed E-state index contributed by atoms with van der Waals surface area (Å²) in [5, 5.41) is 10.3. The minimum atomic E-state index is -4.37. The fourth-order valence-electron chi connectivity index (χ4n) is 2.11. The van der Waals surface area contributed by atoms with Crippen molar-refractivity contribution < 1.29 is 18.0 Å². The summed E-state index contributed by atoms with van der Waals surface area (Å²) < 4.78 is 37.4. The van der Waals surface area contributed by atoms with Crippen molar-refractivity contribution in [3.63, 3.8) is 0 Å². The number of benzene rings is 2. The standard InChI is InChI=1S/C16H10F3N3O/c17-16(18,19)11-7-5-10(6-8-11)9-20-22-14-12-3-1-2-4-13(12)21-15(14)23/h1-9H,(H,21,22,23). The lowest BCUT2D eigenvalue weighted by atomic mass is 10.1. The van der Waals surface area contributed by atoms with Crippen molar-refractivity contribution in [2.24, 2.45) is 10.2 Å². The van der Waals surface area contributed by atoms with Crippen molar-refractivity contribution in [1.29, 1.82) is 0 Å². The van der Waals surface area contributed by atoms with Crippen molar-refractivity contribution in [3.05, 3.63) is 65.2 Å². The highest BCUT2D eigenvalue weighted by Crippen LogP contribution is 2.29. The van der Waals surface area contributed by atoms with Crippen molar-refractivity contribution in [2.45, 2.75) is 6.18 Å². The number of hydrogen-bond acceptors (Lipinski definition) is 3. The number of para-hydroxylation sites is 1. The third-order valence-electron chi connectivity index (χ3n) is 3.25. The molecule has 1 heterocycles. The summed E-state index contributed by atoms with van der Waals surface area (Å²) in [6.45, 7) is 0. The highest BCUT2D eigenvalue weighted by molar-refractivity contribution is 6.53. The Balaban J connectivity index is 1.80. The molecule has 1 amide bonds. The minimum Gasteiger partial charge on any atom is -0.320 e. The lowest BCUT2D eigenvalue weighted by molar-refractivity contribution is -0.137. The second kappa shape index (κ2) is 5.68. The molecule has 0 bridgehead atoms. The van der Waals surface area contributed by atoms with Crippen LogP contribution < -0.4 is 5.32 Å². The van der Waals surface area contributed by atoms with Crippen molar-refractivity contribution in [2.75, 3.05) is 5.32 Å². The number of carbonyl (C=O) groups excluding carboxylic acids is 1. The number of hydrogen-bond donors (Lipinski definition) is 1. The Hall–Kier alpha value is -2.96. The van der Waals surface area contributed by atoms with Crippen LogP contribution in [0.25, 0.3) is 0 Å². The average molecular weight is 317 g/mol. The van der Waals surface area contributed by atoms with Gasteiger partial charge in [-0.05, 0) is 23.8 Å². The SMILES string of the molecule is O=C1Nc2ccccc2/C1=N/N=Cc1ccc(C(F)(F)F)cc1. The Bertz CT molecular complexity index is 808. The normalized spacial score (nSPS) is 16.0. The lowest BCUT2D eigenvalue weighted by Gasteiger charge is -2.05. The molecule has 0 aliphatic carbocycles. The molecule has 7 heteroatoms. The predicted octanol–water partition coefficient (Wildman–Crippen LogP) is 3.48. The molecular formula is C16H10F3N3O. The van der Waals surface area contributed by atoms with Crippen molar-refractivity contribution >= 4 is 23.5 Å². The Kier molecular flexibility index (Phi) is 3.69. The molecule has 3 rings (SSSR count). The number of nitrogens with zero attached hydrogens (tertiary/aromatic N) is 2. The van der Waals surface area contributed by atoms with E-state index >= 15 is 0 Å². The molecule has 1 aliphatic rings. The van der Waals surface area contributed by atoms with Gasteiger partial charge in [0.05, 0.1) is 17.5 Å². The molecule has 0 radical (unpaired) electrons. The molecule has 2 aromatic rings. The third kappa shape index (κ3) is 3.13. The van der Waals surface area contributed by atoms with Gasteiger partial charge in [-0.3, -0.25) is 4.79 Å². The van der Waals surface area contributed by atoms with Crippen LogP contribution in [-0.4, -0.2) is 17.8 Å². The summed E-state index contributed by atoms with van der Waals surface area (Å²) in [4.78, 5) is 11.8. The maximum absolute atomic E-state index is 12.5. The van der Waals surface area contributed by atoms with E-state index in [0.717, 1.165) is 12.1 Å². The molecule has 4 nitrogen and oxygen atoms in total. The summed E-state index contributed by atoms with van der Waals surface area (Å²) in [6.07, 6.45) is -3.08. The zero-order chi connectivity index (χ0) is 16.4. The van der Waals surface area contributed by atoms with E-state index < -0.39 is 11.7 Å².